The zero-order valence-electron chi connectivity index (χ0n) is 8.01. The van der Waals surface area contributed by atoms with Crippen LogP contribution in [0.4, 0.5) is 0 Å². The summed E-state index contributed by atoms with van der Waals surface area (Å²) in [4.78, 5) is 20.8. The first-order valence-electron chi connectivity index (χ1n) is 4.88. The van der Waals surface area contributed by atoms with Gasteiger partial charge in [-0.15, -0.1) is 0 Å². The number of hydrogen-bond donors (Lipinski definition) is 0. The Hall–Kier alpha value is -1.85. The van der Waals surface area contributed by atoms with Gasteiger partial charge < -0.3 is 9.15 Å². The Bertz CT molecular complexity index is 644. The molecular formula is C11H6O5. The van der Waals surface area contributed by atoms with E-state index in [1.165, 1.54) is 6.07 Å². The molecule has 5 heteroatoms. The highest BCUT2D eigenvalue weighted by molar-refractivity contribution is 5.80. The minimum atomic E-state index is -0.374. The van der Waals surface area contributed by atoms with E-state index in [9.17, 15) is 4.79 Å². The van der Waals surface area contributed by atoms with Crippen LogP contribution in [0.3, 0.4) is 0 Å². The lowest BCUT2D eigenvalue weighted by Crippen LogP contribution is -2.34. The van der Waals surface area contributed by atoms with Gasteiger partial charge in [0.1, 0.15) is 11.3 Å². The summed E-state index contributed by atoms with van der Waals surface area (Å²) in [5.41, 5.74) is 1.06. The molecule has 1 fully saturated rings. The molecule has 2 aliphatic rings. The van der Waals surface area contributed by atoms with Gasteiger partial charge in [-0.1, -0.05) is 0 Å². The molecule has 0 N–H and O–H groups in total. The Labute approximate surface area is 89.1 Å². The summed E-state index contributed by atoms with van der Waals surface area (Å²) in [6.45, 7) is 0. The maximum atomic E-state index is 11.1. The highest BCUT2D eigenvalue weighted by Crippen LogP contribution is 2.46. The predicted octanol–water partition coefficient (Wildman–Crippen LogP) is 1.51. The normalized spacial score (nSPS) is 25.8. The molecule has 16 heavy (non-hydrogen) atoms. The standard InChI is InChI=1S/C11H6O5/c12-9-2-1-5-3-6-8(4-7(5)13-9)14-11-10(6)15-16-11/h1-4,10-11H. The topological polar surface area (TPSA) is 57.9 Å². The fourth-order valence-corrected chi connectivity index (χ4v) is 2.00. The van der Waals surface area contributed by atoms with Crippen molar-refractivity contribution in [3.63, 3.8) is 0 Å². The summed E-state index contributed by atoms with van der Waals surface area (Å²) in [5, 5.41) is 0.845. The third kappa shape index (κ3) is 0.937. The number of hydrogen-bond acceptors (Lipinski definition) is 5. The monoisotopic (exact) mass is 218 g/mol. The van der Waals surface area contributed by atoms with Crippen LogP contribution in [0.1, 0.15) is 11.7 Å². The van der Waals surface area contributed by atoms with Crippen molar-refractivity contribution in [2.24, 2.45) is 0 Å². The van der Waals surface area contributed by atoms with Crippen LogP contribution in [0.25, 0.3) is 11.0 Å². The zero-order chi connectivity index (χ0) is 10.7. The van der Waals surface area contributed by atoms with Crippen LogP contribution < -0.4 is 10.4 Å². The van der Waals surface area contributed by atoms with E-state index in [0.717, 1.165) is 10.9 Å². The molecule has 1 saturated heterocycles. The van der Waals surface area contributed by atoms with E-state index >= 15 is 0 Å². The zero-order valence-corrected chi connectivity index (χ0v) is 8.01. The Balaban J connectivity index is 2.02. The lowest BCUT2D eigenvalue weighted by molar-refractivity contribution is -0.501. The predicted molar refractivity (Wildman–Crippen MR) is 51.8 cm³/mol. The highest BCUT2D eigenvalue weighted by Gasteiger charge is 2.46. The maximum absolute atomic E-state index is 11.1. The molecule has 2 aromatic rings. The first-order chi connectivity index (χ1) is 7.81. The summed E-state index contributed by atoms with van der Waals surface area (Å²) in [6, 6.07) is 6.69. The van der Waals surface area contributed by atoms with E-state index in [2.05, 4.69) is 0 Å². The van der Waals surface area contributed by atoms with Gasteiger partial charge in [0.2, 0.25) is 0 Å². The van der Waals surface area contributed by atoms with Gasteiger partial charge in [0.15, 0.2) is 6.10 Å². The van der Waals surface area contributed by atoms with E-state index in [4.69, 9.17) is 18.9 Å². The molecule has 5 nitrogen and oxygen atoms in total. The van der Waals surface area contributed by atoms with E-state index in [-0.39, 0.29) is 18.0 Å². The molecule has 0 amide bonds. The van der Waals surface area contributed by atoms with Crippen LogP contribution in [0.15, 0.2) is 33.5 Å². The molecule has 0 saturated carbocycles. The van der Waals surface area contributed by atoms with Crippen LogP contribution in [0.5, 0.6) is 5.75 Å². The molecule has 2 atom stereocenters. The second-order valence-corrected chi connectivity index (χ2v) is 3.78. The molecule has 3 heterocycles. The van der Waals surface area contributed by atoms with Crippen molar-refractivity contribution in [2.45, 2.75) is 12.4 Å². The first-order valence-corrected chi connectivity index (χ1v) is 4.88. The lowest BCUT2D eigenvalue weighted by Gasteiger charge is -2.26. The average Bonchev–Trinajstić information content (AvgIpc) is 2.47. The second-order valence-electron chi connectivity index (χ2n) is 3.78. The van der Waals surface area contributed by atoms with E-state index in [1.54, 1.807) is 12.1 Å². The molecular weight excluding hydrogens is 212 g/mol. The number of rotatable bonds is 0. The van der Waals surface area contributed by atoms with Crippen LogP contribution in [-0.2, 0) is 9.78 Å². The van der Waals surface area contributed by atoms with Gasteiger partial charge in [0.05, 0.1) is 0 Å². The van der Waals surface area contributed by atoms with Crippen molar-refractivity contribution in [1.29, 1.82) is 0 Å². The van der Waals surface area contributed by atoms with Gasteiger partial charge >= 0.3 is 5.63 Å². The quantitative estimate of drug-likeness (QED) is 0.495. The first kappa shape index (κ1) is 8.32. The minimum absolute atomic E-state index is 0.161. The summed E-state index contributed by atoms with van der Waals surface area (Å²) in [7, 11) is 0. The number of fused-ring (bicyclic) bond motifs is 4. The van der Waals surface area contributed by atoms with Crippen molar-refractivity contribution in [3.05, 3.63) is 40.2 Å². The van der Waals surface area contributed by atoms with Gasteiger partial charge in [-0.25, -0.2) is 9.68 Å². The SMILES string of the molecule is O=c1ccc2cc3c(cc2o1)OC1OOC31. The molecule has 0 aliphatic carbocycles. The Morgan fingerprint density at radius 2 is 2.06 bits per heavy atom. The Kier molecular flexibility index (Phi) is 1.37. The largest absolute Gasteiger partial charge is 0.458 e. The van der Waals surface area contributed by atoms with Gasteiger partial charge in [-0.3, -0.25) is 0 Å². The van der Waals surface area contributed by atoms with E-state index in [1.807, 2.05) is 6.07 Å². The van der Waals surface area contributed by atoms with Crippen molar-refractivity contribution in [1.82, 2.24) is 0 Å². The molecule has 0 radical (unpaired) electrons. The fourth-order valence-electron chi connectivity index (χ4n) is 2.00. The maximum Gasteiger partial charge on any atom is 0.336 e. The average molecular weight is 218 g/mol. The van der Waals surface area contributed by atoms with Gasteiger partial charge in [-0.2, -0.15) is 4.89 Å². The minimum Gasteiger partial charge on any atom is -0.458 e. The van der Waals surface area contributed by atoms with Gasteiger partial charge in [-0.05, 0) is 12.1 Å². The van der Waals surface area contributed by atoms with Crippen LogP contribution in [0, 0.1) is 0 Å². The Morgan fingerprint density at radius 3 is 2.88 bits per heavy atom. The second kappa shape index (κ2) is 2.63. The number of ether oxygens (including phenoxy) is 1. The Morgan fingerprint density at radius 1 is 1.12 bits per heavy atom. The molecule has 4 rings (SSSR count). The van der Waals surface area contributed by atoms with Crippen molar-refractivity contribution >= 4 is 11.0 Å². The van der Waals surface area contributed by atoms with Crippen molar-refractivity contribution in [3.8, 4) is 5.75 Å². The molecule has 80 valence electrons. The molecule has 0 spiro atoms. The van der Waals surface area contributed by atoms with Gasteiger partial charge in [0, 0.05) is 23.1 Å². The molecule has 0 bridgehead atoms. The van der Waals surface area contributed by atoms with Crippen LogP contribution in [0.2, 0.25) is 0 Å². The molecule has 2 aliphatic heterocycles. The summed E-state index contributed by atoms with van der Waals surface area (Å²) in [5.74, 6) is 0.648. The van der Waals surface area contributed by atoms with Crippen molar-refractivity contribution in [2.75, 3.05) is 0 Å². The van der Waals surface area contributed by atoms with E-state index in [0.29, 0.717) is 11.3 Å². The highest BCUT2D eigenvalue weighted by atomic mass is 17.3. The number of benzene rings is 1. The van der Waals surface area contributed by atoms with Crippen LogP contribution in [-0.4, -0.2) is 6.29 Å². The van der Waals surface area contributed by atoms with E-state index < -0.39 is 0 Å². The van der Waals surface area contributed by atoms with Crippen LogP contribution >= 0.6 is 0 Å². The third-order valence-electron chi connectivity index (χ3n) is 2.80. The van der Waals surface area contributed by atoms with Crippen molar-refractivity contribution < 1.29 is 18.9 Å². The smallest absolute Gasteiger partial charge is 0.336 e. The summed E-state index contributed by atoms with van der Waals surface area (Å²) >= 11 is 0. The lowest BCUT2D eigenvalue weighted by atomic mass is 10.1. The van der Waals surface area contributed by atoms with Gasteiger partial charge in [0.25, 0.3) is 6.29 Å². The summed E-state index contributed by atoms with van der Waals surface area (Å²) in [6.07, 6.45) is -0.523. The molecule has 1 aromatic carbocycles. The molecule has 2 unspecified atom stereocenters. The third-order valence-corrected chi connectivity index (χ3v) is 2.80. The fraction of sp³-hybridized carbons (Fsp3) is 0.182. The molecule has 1 aromatic heterocycles. The summed E-state index contributed by atoms with van der Waals surface area (Å²) < 4.78 is 10.5.